The van der Waals surface area contributed by atoms with Gasteiger partial charge in [-0.25, -0.2) is 9.18 Å². The van der Waals surface area contributed by atoms with E-state index in [4.69, 9.17) is 5.11 Å². The van der Waals surface area contributed by atoms with Crippen LogP contribution in [0.15, 0.2) is 52.3 Å². The number of hydrogen-bond acceptors (Lipinski definition) is 3. The van der Waals surface area contributed by atoms with Gasteiger partial charge in [0.2, 0.25) is 0 Å². The van der Waals surface area contributed by atoms with Gasteiger partial charge in [0.05, 0.1) is 16.0 Å². The molecule has 4 nitrogen and oxygen atoms in total. The minimum absolute atomic E-state index is 0.152. The summed E-state index contributed by atoms with van der Waals surface area (Å²) < 4.78 is 13.9. The minimum atomic E-state index is -1.02. The average molecular weight is 305 g/mol. The summed E-state index contributed by atoms with van der Waals surface area (Å²) in [5.41, 5.74) is 0.393. The van der Waals surface area contributed by atoms with Gasteiger partial charge >= 0.3 is 5.97 Å². The van der Waals surface area contributed by atoms with E-state index in [2.05, 4.69) is 5.32 Å². The molecular weight excluding hydrogens is 293 g/mol. The van der Waals surface area contributed by atoms with Crippen LogP contribution in [0.3, 0.4) is 0 Å². The summed E-state index contributed by atoms with van der Waals surface area (Å²) in [6.07, 6.45) is 0. The number of halogens is 1. The number of rotatable bonds is 4. The SMILES string of the molecule is CNC(=O)c1cccc(F)c1Sc1ccc(C(=O)O)cc1. The van der Waals surface area contributed by atoms with Crippen LogP contribution in [0.4, 0.5) is 4.39 Å². The summed E-state index contributed by atoms with van der Waals surface area (Å²) in [6, 6.07) is 10.3. The van der Waals surface area contributed by atoms with E-state index >= 15 is 0 Å². The van der Waals surface area contributed by atoms with Gasteiger partial charge in [-0.3, -0.25) is 4.79 Å². The van der Waals surface area contributed by atoms with E-state index in [-0.39, 0.29) is 21.9 Å². The Kier molecular flexibility index (Phi) is 4.59. The first-order valence-electron chi connectivity index (χ1n) is 6.04. The third-order valence-electron chi connectivity index (χ3n) is 2.76. The highest BCUT2D eigenvalue weighted by Crippen LogP contribution is 2.32. The molecule has 2 aromatic rings. The number of hydrogen-bond donors (Lipinski definition) is 2. The van der Waals surface area contributed by atoms with Crippen molar-refractivity contribution < 1.29 is 19.1 Å². The topological polar surface area (TPSA) is 66.4 Å². The predicted molar refractivity (Wildman–Crippen MR) is 77.3 cm³/mol. The lowest BCUT2D eigenvalue weighted by molar-refractivity contribution is 0.0696. The van der Waals surface area contributed by atoms with Crippen molar-refractivity contribution in [2.75, 3.05) is 7.05 Å². The molecule has 1 amide bonds. The Morgan fingerprint density at radius 2 is 1.81 bits per heavy atom. The van der Waals surface area contributed by atoms with E-state index in [0.29, 0.717) is 4.90 Å². The third-order valence-corrected chi connectivity index (χ3v) is 3.89. The van der Waals surface area contributed by atoms with E-state index < -0.39 is 11.8 Å². The van der Waals surface area contributed by atoms with Gasteiger partial charge in [-0.05, 0) is 36.4 Å². The number of carboxylic acid groups (broad SMARTS) is 1. The number of carboxylic acids is 1. The fourth-order valence-electron chi connectivity index (χ4n) is 1.71. The van der Waals surface area contributed by atoms with Gasteiger partial charge in [-0.2, -0.15) is 0 Å². The van der Waals surface area contributed by atoms with Crippen LogP contribution in [0.25, 0.3) is 0 Å². The molecule has 6 heteroatoms. The third kappa shape index (κ3) is 3.41. The van der Waals surface area contributed by atoms with E-state index in [9.17, 15) is 14.0 Å². The molecule has 0 saturated heterocycles. The maximum absolute atomic E-state index is 13.9. The number of carbonyl (C=O) groups excluding carboxylic acids is 1. The molecule has 2 aromatic carbocycles. The van der Waals surface area contributed by atoms with Crippen LogP contribution < -0.4 is 5.32 Å². The minimum Gasteiger partial charge on any atom is -0.478 e. The molecule has 2 rings (SSSR count). The van der Waals surface area contributed by atoms with E-state index in [1.807, 2.05) is 0 Å². The van der Waals surface area contributed by atoms with Crippen molar-refractivity contribution in [3.63, 3.8) is 0 Å². The molecule has 21 heavy (non-hydrogen) atoms. The molecule has 0 aromatic heterocycles. The monoisotopic (exact) mass is 305 g/mol. The standard InChI is InChI=1S/C15H12FNO3S/c1-17-14(18)11-3-2-4-12(16)13(11)21-10-7-5-9(6-8-10)15(19)20/h2-8H,1H3,(H,17,18)(H,19,20). The lowest BCUT2D eigenvalue weighted by atomic mass is 10.2. The van der Waals surface area contributed by atoms with Crippen LogP contribution in [0.2, 0.25) is 0 Å². The Morgan fingerprint density at radius 1 is 1.14 bits per heavy atom. The molecule has 0 bridgehead atoms. The van der Waals surface area contributed by atoms with Gasteiger partial charge in [0.15, 0.2) is 0 Å². The molecule has 0 aliphatic heterocycles. The molecule has 108 valence electrons. The zero-order chi connectivity index (χ0) is 15.4. The molecule has 0 saturated carbocycles. The van der Waals surface area contributed by atoms with E-state index in [0.717, 1.165) is 11.8 Å². The highest BCUT2D eigenvalue weighted by Gasteiger charge is 2.15. The van der Waals surface area contributed by atoms with Crippen LogP contribution in [-0.4, -0.2) is 24.0 Å². The van der Waals surface area contributed by atoms with Crippen LogP contribution in [-0.2, 0) is 0 Å². The first kappa shape index (κ1) is 15.1. The lowest BCUT2D eigenvalue weighted by Crippen LogP contribution is -2.19. The molecule has 0 aliphatic rings. The zero-order valence-electron chi connectivity index (χ0n) is 11.1. The van der Waals surface area contributed by atoms with E-state index in [1.165, 1.54) is 37.4 Å². The molecule has 0 radical (unpaired) electrons. The average Bonchev–Trinajstić information content (AvgIpc) is 2.49. The molecular formula is C15H12FNO3S. The molecule has 0 aliphatic carbocycles. The summed E-state index contributed by atoms with van der Waals surface area (Å²) in [4.78, 5) is 23.4. The summed E-state index contributed by atoms with van der Waals surface area (Å²) in [5.74, 6) is -1.90. The Morgan fingerprint density at radius 3 is 2.38 bits per heavy atom. The summed E-state index contributed by atoms with van der Waals surface area (Å²) in [6.45, 7) is 0. The maximum atomic E-state index is 13.9. The largest absolute Gasteiger partial charge is 0.478 e. The quantitative estimate of drug-likeness (QED) is 0.911. The summed E-state index contributed by atoms with van der Waals surface area (Å²) in [7, 11) is 1.48. The van der Waals surface area contributed by atoms with Crippen LogP contribution in [0.5, 0.6) is 0 Å². The number of amides is 1. The summed E-state index contributed by atoms with van der Waals surface area (Å²) in [5, 5.41) is 11.3. The normalized spacial score (nSPS) is 10.2. The van der Waals surface area contributed by atoms with Gasteiger partial charge in [0.25, 0.3) is 5.91 Å². The van der Waals surface area contributed by atoms with Crippen molar-refractivity contribution in [2.45, 2.75) is 9.79 Å². The van der Waals surface area contributed by atoms with Gasteiger partial charge < -0.3 is 10.4 Å². The molecule has 2 N–H and O–H groups in total. The molecule has 0 spiro atoms. The fraction of sp³-hybridized carbons (Fsp3) is 0.0667. The smallest absolute Gasteiger partial charge is 0.335 e. The maximum Gasteiger partial charge on any atom is 0.335 e. The number of benzene rings is 2. The van der Waals surface area contributed by atoms with Gasteiger partial charge in [-0.15, -0.1) is 0 Å². The van der Waals surface area contributed by atoms with Crippen molar-refractivity contribution in [1.82, 2.24) is 5.32 Å². The fourth-order valence-corrected chi connectivity index (χ4v) is 2.65. The van der Waals surface area contributed by atoms with Crippen molar-refractivity contribution in [3.05, 3.63) is 59.4 Å². The predicted octanol–water partition coefficient (Wildman–Crippen LogP) is 3.03. The highest BCUT2D eigenvalue weighted by atomic mass is 32.2. The number of aromatic carboxylic acids is 1. The van der Waals surface area contributed by atoms with Crippen molar-refractivity contribution in [1.29, 1.82) is 0 Å². The second kappa shape index (κ2) is 6.41. The molecule has 0 fully saturated rings. The Balaban J connectivity index is 2.34. The Hall–Kier alpha value is -2.34. The molecule has 0 unspecified atom stereocenters. The first-order chi connectivity index (χ1) is 10.0. The molecule has 0 heterocycles. The summed E-state index contributed by atoms with van der Waals surface area (Å²) >= 11 is 1.08. The Labute approximate surface area is 125 Å². The van der Waals surface area contributed by atoms with Gasteiger partial charge in [0, 0.05) is 11.9 Å². The zero-order valence-corrected chi connectivity index (χ0v) is 11.9. The van der Waals surface area contributed by atoms with Gasteiger partial charge in [-0.1, -0.05) is 17.8 Å². The highest BCUT2D eigenvalue weighted by molar-refractivity contribution is 7.99. The molecule has 0 atom stereocenters. The van der Waals surface area contributed by atoms with Crippen LogP contribution in [0.1, 0.15) is 20.7 Å². The van der Waals surface area contributed by atoms with Crippen LogP contribution >= 0.6 is 11.8 Å². The number of nitrogens with one attached hydrogen (secondary N) is 1. The first-order valence-corrected chi connectivity index (χ1v) is 6.86. The van der Waals surface area contributed by atoms with Crippen molar-refractivity contribution in [3.8, 4) is 0 Å². The van der Waals surface area contributed by atoms with Gasteiger partial charge in [0.1, 0.15) is 5.82 Å². The van der Waals surface area contributed by atoms with Crippen molar-refractivity contribution in [2.24, 2.45) is 0 Å². The Bertz CT molecular complexity index is 686. The van der Waals surface area contributed by atoms with Crippen LogP contribution in [0, 0.1) is 5.82 Å². The lowest BCUT2D eigenvalue weighted by Gasteiger charge is -2.09. The van der Waals surface area contributed by atoms with E-state index in [1.54, 1.807) is 12.1 Å². The second-order valence-corrected chi connectivity index (χ2v) is 5.21. The second-order valence-electron chi connectivity index (χ2n) is 4.13. The number of carbonyl (C=O) groups is 2. The van der Waals surface area contributed by atoms with Crippen molar-refractivity contribution >= 4 is 23.6 Å².